The molecule has 0 amide bonds. The van der Waals surface area contributed by atoms with Crippen LogP contribution in [0.4, 0.5) is 0 Å². The molecule has 0 aliphatic carbocycles. The number of thiol groups is 1. The Kier molecular flexibility index (Phi) is 6.79. The van der Waals surface area contributed by atoms with E-state index in [2.05, 4.69) is 41.5 Å². The van der Waals surface area contributed by atoms with Gasteiger partial charge in [-0.3, -0.25) is 0 Å². The summed E-state index contributed by atoms with van der Waals surface area (Å²) >= 11 is 5.06. The Bertz CT molecular complexity index is 175. The first-order chi connectivity index (χ1) is 6.91. The third-order valence-corrected chi connectivity index (χ3v) is 26.4. The molecule has 0 saturated carbocycles. The van der Waals surface area contributed by atoms with Gasteiger partial charge in [-0.25, -0.2) is 0 Å². The average molecular weight is 265 g/mol. The van der Waals surface area contributed by atoms with E-state index < -0.39 is 14.6 Å². The summed E-state index contributed by atoms with van der Waals surface area (Å²) in [6.07, 6.45) is 0.339. The van der Waals surface area contributed by atoms with E-state index in [-0.39, 0.29) is 0 Å². The van der Waals surface area contributed by atoms with Crippen LogP contribution in [0.25, 0.3) is 0 Å². The van der Waals surface area contributed by atoms with Gasteiger partial charge in [0.05, 0.1) is 7.59 Å². The van der Waals surface area contributed by atoms with Crippen molar-refractivity contribution < 1.29 is 4.43 Å². The second kappa shape index (κ2) is 6.47. The molecule has 0 aromatic carbocycles. The van der Waals surface area contributed by atoms with E-state index in [9.17, 15) is 0 Å². The van der Waals surface area contributed by atoms with Gasteiger partial charge in [0.2, 0.25) is 6.98 Å². The van der Waals surface area contributed by atoms with Gasteiger partial charge < -0.3 is 4.43 Å². The average Bonchev–Trinajstić information content (AvgIpc) is 2.20. The van der Waals surface area contributed by atoms with Crippen molar-refractivity contribution in [2.75, 3.05) is 0 Å². The standard InChI is InChI=1S/C11H28OSSi2/c1-7-14(8-2,9-3)15(13,10-4)12-11(5)6/h11,13H,7-10H2,1-6H3. The van der Waals surface area contributed by atoms with Crippen LogP contribution in [0, 0.1) is 0 Å². The SMILES string of the molecule is CC[Si](CC)(CC)[Si](S)(CC)OC(C)C. The van der Waals surface area contributed by atoms with Crippen molar-refractivity contribution in [1.82, 2.24) is 0 Å². The summed E-state index contributed by atoms with van der Waals surface area (Å²) in [6.45, 7) is 11.9. The van der Waals surface area contributed by atoms with Gasteiger partial charge in [-0.15, -0.1) is 0 Å². The molecule has 1 unspecified atom stereocenters. The summed E-state index contributed by atoms with van der Waals surface area (Å²) in [5.74, 6) is 0. The molecular formula is C11H28OSSi2. The molecule has 4 heteroatoms. The molecule has 0 fully saturated rings. The quantitative estimate of drug-likeness (QED) is 0.530. The fourth-order valence-corrected chi connectivity index (χ4v) is 21.2. The number of rotatable bonds is 7. The van der Waals surface area contributed by atoms with Crippen molar-refractivity contribution in [2.45, 2.75) is 71.8 Å². The lowest BCUT2D eigenvalue weighted by Gasteiger charge is -2.43. The molecule has 0 rings (SSSR count). The Hall–Kier alpha value is 0.744. The largest absolute Gasteiger partial charge is 0.408 e. The highest BCUT2D eigenvalue weighted by Gasteiger charge is 2.50. The van der Waals surface area contributed by atoms with Crippen LogP contribution < -0.4 is 0 Å². The predicted molar refractivity (Wildman–Crippen MR) is 78.6 cm³/mol. The van der Waals surface area contributed by atoms with E-state index in [4.69, 9.17) is 16.5 Å². The summed E-state index contributed by atoms with van der Waals surface area (Å²) in [5.41, 5.74) is 0. The van der Waals surface area contributed by atoms with Crippen molar-refractivity contribution in [3.8, 4) is 0 Å². The Balaban J connectivity index is 5.01. The zero-order chi connectivity index (χ0) is 12.1. The maximum atomic E-state index is 6.29. The Morgan fingerprint density at radius 3 is 1.53 bits per heavy atom. The summed E-state index contributed by atoms with van der Waals surface area (Å²) in [7, 11) is -1.25. The minimum absolute atomic E-state index is 0.339. The normalized spacial score (nSPS) is 16.8. The topological polar surface area (TPSA) is 9.23 Å². The molecule has 0 aliphatic rings. The maximum Gasteiger partial charge on any atom is 0.235 e. The Morgan fingerprint density at radius 1 is 0.933 bits per heavy atom. The second-order valence-corrected chi connectivity index (χ2v) is 20.9. The summed E-state index contributed by atoms with van der Waals surface area (Å²) in [6, 6.07) is 5.15. The van der Waals surface area contributed by atoms with Crippen LogP contribution >= 0.6 is 12.1 Å². The van der Waals surface area contributed by atoms with Crippen LogP contribution in [-0.4, -0.2) is 20.7 Å². The van der Waals surface area contributed by atoms with Gasteiger partial charge in [-0.05, 0) is 19.9 Å². The van der Waals surface area contributed by atoms with Crippen molar-refractivity contribution in [1.29, 1.82) is 0 Å². The smallest absolute Gasteiger partial charge is 0.235 e. The predicted octanol–water partition coefficient (Wildman–Crippen LogP) is 4.39. The molecule has 1 atom stereocenters. The molecular weight excluding hydrogens is 236 g/mol. The lowest BCUT2D eigenvalue weighted by atomic mass is 10.5. The molecule has 0 aromatic heterocycles. The second-order valence-electron chi connectivity index (χ2n) is 4.65. The van der Waals surface area contributed by atoms with E-state index in [0.717, 1.165) is 6.04 Å². The van der Waals surface area contributed by atoms with Crippen molar-refractivity contribution in [2.24, 2.45) is 0 Å². The summed E-state index contributed by atoms with van der Waals surface area (Å²) in [5, 5.41) is 0. The summed E-state index contributed by atoms with van der Waals surface area (Å²) in [4.78, 5) is 0. The van der Waals surface area contributed by atoms with Crippen LogP contribution in [0.2, 0.25) is 24.2 Å². The van der Waals surface area contributed by atoms with Gasteiger partial charge in [0, 0.05) is 6.10 Å². The lowest BCUT2D eigenvalue weighted by Crippen LogP contribution is -2.60. The van der Waals surface area contributed by atoms with Gasteiger partial charge in [0.1, 0.15) is 0 Å². The van der Waals surface area contributed by atoms with Crippen LogP contribution in [0.15, 0.2) is 0 Å². The fraction of sp³-hybridized carbons (Fsp3) is 1.00. The monoisotopic (exact) mass is 264 g/mol. The Morgan fingerprint density at radius 2 is 1.33 bits per heavy atom. The molecule has 0 N–H and O–H groups in total. The van der Waals surface area contributed by atoms with Crippen LogP contribution in [-0.2, 0) is 4.43 Å². The molecule has 0 heterocycles. The van der Waals surface area contributed by atoms with E-state index in [1.807, 2.05) is 0 Å². The minimum Gasteiger partial charge on any atom is -0.408 e. The van der Waals surface area contributed by atoms with Gasteiger partial charge in [0.25, 0.3) is 0 Å². The molecule has 0 spiro atoms. The Labute approximate surface area is 103 Å². The summed E-state index contributed by atoms with van der Waals surface area (Å²) < 4.78 is 6.29. The molecule has 15 heavy (non-hydrogen) atoms. The molecule has 0 radical (unpaired) electrons. The van der Waals surface area contributed by atoms with E-state index in [1.165, 1.54) is 18.1 Å². The molecule has 92 valence electrons. The zero-order valence-corrected chi connectivity index (χ0v) is 14.2. The van der Waals surface area contributed by atoms with Gasteiger partial charge >= 0.3 is 0 Å². The molecule has 0 bridgehead atoms. The first-order valence-corrected chi connectivity index (χ1v) is 13.3. The van der Waals surface area contributed by atoms with Crippen LogP contribution in [0.1, 0.15) is 41.5 Å². The van der Waals surface area contributed by atoms with E-state index in [0.29, 0.717) is 6.10 Å². The fourth-order valence-electron chi connectivity index (χ4n) is 2.55. The van der Waals surface area contributed by atoms with Crippen molar-refractivity contribution in [3.63, 3.8) is 0 Å². The molecule has 0 saturated heterocycles. The molecule has 1 nitrogen and oxygen atoms in total. The van der Waals surface area contributed by atoms with Gasteiger partial charge in [-0.1, -0.05) is 45.8 Å². The maximum absolute atomic E-state index is 6.29. The number of hydrogen-bond acceptors (Lipinski definition) is 2. The zero-order valence-electron chi connectivity index (χ0n) is 11.3. The first kappa shape index (κ1) is 15.7. The van der Waals surface area contributed by atoms with Gasteiger partial charge in [-0.2, -0.15) is 12.1 Å². The van der Waals surface area contributed by atoms with Gasteiger partial charge in [0.15, 0.2) is 0 Å². The molecule has 0 aromatic rings. The first-order valence-electron chi connectivity index (χ1n) is 6.31. The lowest BCUT2D eigenvalue weighted by molar-refractivity contribution is 0.245. The van der Waals surface area contributed by atoms with Crippen LogP contribution in [0.3, 0.4) is 0 Å². The third-order valence-electron chi connectivity index (χ3n) is 3.77. The minimum atomic E-state index is -1.73. The van der Waals surface area contributed by atoms with Crippen molar-refractivity contribution >= 4 is 26.7 Å². The number of hydrogen-bond donors (Lipinski definition) is 1. The van der Waals surface area contributed by atoms with Crippen LogP contribution in [0.5, 0.6) is 0 Å². The highest BCUT2D eigenvalue weighted by Crippen LogP contribution is 2.37. The highest BCUT2D eigenvalue weighted by molar-refractivity contribution is 8.22. The third kappa shape index (κ3) is 3.35. The highest BCUT2D eigenvalue weighted by atomic mass is 32.3. The van der Waals surface area contributed by atoms with E-state index in [1.54, 1.807) is 0 Å². The molecule has 0 aliphatic heterocycles. The van der Waals surface area contributed by atoms with E-state index >= 15 is 0 Å². The van der Waals surface area contributed by atoms with Crippen molar-refractivity contribution in [3.05, 3.63) is 0 Å².